The van der Waals surface area contributed by atoms with E-state index in [1.165, 1.54) is 38.2 Å². The van der Waals surface area contributed by atoms with Crippen LogP contribution in [-0.4, -0.2) is 81.9 Å². The van der Waals surface area contributed by atoms with Gasteiger partial charge in [-0.1, -0.05) is 6.07 Å². The van der Waals surface area contributed by atoms with Crippen LogP contribution in [0.15, 0.2) is 48.7 Å². The maximum absolute atomic E-state index is 14.8. The second kappa shape index (κ2) is 11.8. The van der Waals surface area contributed by atoms with Crippen LogP contribution in [0.4, 0.5) is 17.6 Å². The van der Waals surface area contributed by atoms with Gasteiger partial charge in [0, 0.05) is 42.4 Å². The van der Waals surface area contributed by atoms with Crippen LogP contribution >= 0.6 is 0 Å². The summed E-state index contributed by atoms with van der Waals surface area (Å²) in [6.07, 6.45) is -3.66. The summed E-state index contributed by atoms with van der Waals surface area (Å²) in [6.45, 7) is 3.43. The third kappa shape index (κ3) is 5.50. The van der Waals surface area contributed by atoms with Crippen molar-refractivity contribution in [1.29, 1.82) is 0 Å². The number of piperazine rings is 1. The molecule has 0 radical (unpaired) electrons. The number of aliphatic hydroxyl groups is 1. The number of rotatable bonds is 7. The van der Waals surface area contributed by atoms with Crippen molar-refractivity contribution in [2.45, 2.75) is 32.1 Å². The van der Waals surface area contributed by atoms with Gasteiger partial charge in [0.1, 0.15) is 22.9 Å². The number of hydrogen-bond donors (Lipinski definition) is 1. The van der Waals surface area contributed by atoms with E-state index >= 15 is 0 Å². The van der Waals surface area contributed by atoms with Gasteiger partial charge in [0.2, 0.25) is 0 Å². The van der Waals surface area contributed by atoms with Crippen molar-refractivity contribution in [1.82, 2.24) is 24.4 Å². The minimum Gasteiger partial charge on any atom is -0.497 e. The Hall–Kier alpha value is -4.23. The van der Waals surface area contributed by atoms with E-state index in [-0.39, 0.29) is 54.3 Å². The number of alkyl halides is 3. The normalized spacial score (nSPS) is 16.9. The lowest BCUT2D eigenvalue weighted by atomic mass is 10.0. The Kier molecular flexibility index (Phi) is 8.30. The zero-order valence-electron chi connectivity index (χ0n) is 24.0. The summed E-state index contributed by atoms with van der Waals surface area (Å²) in [6, 6.07) is 9.70. The molecule has 5 rings (SSSR count). The highest BCUT2D eigenvalue weighted by Crippen LogP contribution is 2.37. The van der Waals surface area contributed by atoms with Gasteiger partial charge in [0.25, 0.3) is 5.91 Å². The maximum Gasteiger partial charge on any atom is 0.433 e. The van der Waals surface area contributed by atoms with E-state index in [9.17, 15) is 27.5 Å². The first-order chi connectivity index (χ1) is 20.5. The highest BCUT2D eigenvalue weighted by Gasteiger charge is 2.40. The summed E-state index contributed by atoms with van der Waals surface area (Å²) in [4.78, 5) is 21.7. The number of methoxy groups -OCH3 is 2. The lowest BCUT2D eigenvalue weighted by Crippen LogP contribution is -2.55. The van der Waals surface area contributed by atoms with Crippen LogP contribution in [0.25, 0.3) is 16.9 Å². The van der Waals surface area contributed by atoms with Gasteiger partial charge in [-0.15, -0.1) is 0 Å². The van der Waals surface area contributed by atoms with Gasteiger partial charge in [-0.3, -0.25) is 9.69 Å². The molecule has 2 aromatic carbocycles. The molecule has 0 spiro atoms. The molecule has 3 heterocycles. The fraction of sp³-hybridized carbons (Fsp3) is 0.367. The minimum atomic E-state index is -4.77. The van der Waals surface area contributed by atoms with Gasteiger partial charge < -0.3 is 19.5 Å². The van der Waals surface area contributed by atoms with E-state index in [0.717, 1.165) is 6.20 Å². The molecule has 0 saturated carbocycles. The molecule has 1 aliphatic heterocycles. The predicted octanol–water partition coefficient (Wildman–Crippen LogP) is 4.76. The summed E-state index contributed by atoms with van der Waals surface area (Å²) < 4.78 is 69.0. The summed E-state index contributed by atoms with van der Waals surface area (Å²) >= 11 is 0. The minimum absolute atomic E-state index is 0.0690. The van der Waals surface area contributed by atoms with Crippen LogP contribution in [-0.2, 0) is 6.18 Å². The summed E-state index contributed by atoms with van der Waals surface area (Å²) in [5.74, 6) is -0.225. The van der Waals surface area contributed by atoms with Crippen LogP contribution in [0.2, 0.25) is 0 Å². The molecule has 1 saturated heterocycles. The fourth-order valence-corrected chi connectivity index (χ4v) is 5.72. The first-order valence-electron chi connectivity index (χ1n) is 13.6. The van der Waals surface area contributed by atoms with Gasteiger partial charge in [-0.05, 0) is 50.2 Å². The molecule has 1 N–H and O–H groups in total. The predicted molar refractivity (Wildman–Crippen MR) is 150 cm³/mol. The standard InChI is InChI=1S/C30H31F4N5O4/c1-17-15-37(23(16-40)25-22(31)6-5-7-24(25)43-4)12-13-38(17)29(41)21-14-35-39-27(30(32,33)34)18(2)26(36-28(21)39)19-8-10-20(42-3)11-9-19/h5-11,14,17,23,40H,12-13,15-16H2,1-4H3/t17-,23?/m1/s1. The molecular formula is C30H31F4N5O4. The van der Waals surface area contributed by atoms with Gasteiger partial charge in [-0.2, -0.15) is 18.3 Å². The molecule has 13 heteroatoms. The zero-order chi connectivity index (χ0) is 31.1. The SMILES string of the molecule is COc1ccc(-c2nc3c(C(=O)N4CCN(C(CO)c5c(F)cccc5OC)C[C@H]4C)cnn3c(C(F)(F)F)c2C)cc1. The molecule has 2 aromatic heterocycles. The van der Waals surface area contributed by atoms with Gasteiger partial charge >= 0.3 is 6.18 Å². The van der Waals surface area contributed by atoms with Crippen LogP contribution in [0, 0.1) is 12.7 Å². The van der Waals surface area contributed by atoms with Gasteiger partial charge in [-0.25, -0.2) is 13.9 Å². The van der Waals surface area contributed by atoms with Crippen molar-refractivity contribution in [2.24, 2.45) is 0 Å². The number of benzene rings is 2. The van der Waals surface area contributed by atoms with Crippen molar-refractivity contribution in [3.05, 3.63) is 76.9 Å². The number of aromatic nitrogens is 3. The first kappa shape index (κ1) is 30.2. The maximum atomic E-state index is 14.8. The summed E-state index contributed by atoms with van der Waals surface area (Å²) in [7, 11) is 2.90. The Morgan fingerprint density at radius 3 is 2.44 bits per heavy atom. The molecule has 0 bridgehead atoms. The Bertz CT molecular complexity index is 1640. The Morgan fingerprint density at radius 1 is 1.12 bits per heavy atom. The van der Waals surface area contributed by atoms with Crippen molar-refractivity contribution in [2.75, 3.05) is 40.5 Å². The van der Waals surface area contributed by atoms with Gasteiger partial charge in [0.05, 0.1) is 38.8 Å². The monoisotopic (exact) mass is 601 g/mol. The highest BCUT2D eigenvalue weighted by molar-refractivity contribution is 6.00. The first-order valence-corrected chi connectivity index (χ1v) is 13.6. The average molecular weight is 602 g/mol. The molecule has 2 atom stereocenters. The number of hydrogen-bond acceptors (Lipinski definition) is 7. The number of amides is 1. The van der Waals surface area contributed by atoms with Gasteiger partial charge in [0.15, 0.2) is 11.3 Å². The Morgan fingerprint density at radius 2 is 1.84 bits per heavy atom. The molecule has 1 unspecified atom stereocenters. The van der Waals surface area contributed by atoms with Crippen LogP contribution in [0.3, 0.4) is 0 Å². The topological polar surface area (TPSA) is 92.4 Å². The molecule has 9 nitrogen and oxygen atoms in total. The second-order valence-electron chi connectivity index (χ2n) is 10.4. The quantitative estimate of drug-likeness (QED) is 0.306. The van der Waals surface area contributed by atoms with Crippen molar-refractivity contribution < 1.29 is 36.9 Å². The molecule has 1 aliphatic rings. The third-order valence-electron chi connectivity index (χ3n) is 7.85. The van der Waals surface area contributed by atoms with Crippen LogP contribution < -0.4 is 9.47 Å². The lowest BCUT2D eigenvalue weighted by molar-refractivity contribution is -0.143. The molecule has 1 fully saturated rings. The molecule has 0 aliphatic carbocycles. The fourth-order valence-electron chi connectivity index (χ4n) is 5.72. The number of ether oxygens (including phenoxy) is 2. The average Bonchev–Trinajstić information content (AvgIpc) is 3.40. The van der Waals surface area contributed by atoms with Crippen molar-refractivity contribution in [3.8, 4) is 22.8 Å². The Balaban J connectivity index is 1.49. The van der Waals surface area contributed by atoms with Crippen molar-refractivity contribution in [3.63, 3.8) is 0 Å². The number of carbonyl (C=O) groups excluding carboxylic acids is 1. The number of halogens is 4. The second-order valence-corrected chi connectivity index (χ2v) is 10.4. The molecular weight excluding hydrogens is 570 g/mol. The summed E-state index contributed by atoms with van der Waals surface area (Å²) in [5.41, 5.74) is -0.737. The van der Waals surface area contributed by atoms with E-state index in [1.54, 1.807) is 37.3 Å². The molecule has 228 valence electrons. The van der Waals surface area contributed by atoms with Crippen LogP contribution in [0.5, 0.6) is 11.5 Å². The van der Waals surface area contributed by atoms with Crippen LogP contribution in [0.1, 0.15) is 40.1 Å². The molecule has 1 amide bonds. The van der Waals surface area contributed by atoms with E-state index < -0.39 is 35.7 Å². The lowest BCUT2D eigenvalue weighted by Gasteiger charge is -2.43. The number of carbonyl (C=O) groups is 1. The van der Waals surface area contributed by atoms with Crippen molar-refractivity contribution >= 4 is 11.6 Å². The van der Waals surface area contributed by atoms with E-state index in [1.807, 2.05) is 4.90 Å². The van der Waals surface area contributed by atoms with E-state index in [2.05, 4.69) is 10.1 Å². The summed E-state index contributed by atoms with van der Waals surface area (Å²) in [5, 5.41) is 14.1. The number of aliphatic hydroxyl groups excluding tert-OH is 1. The molecule has 4 aromatic rings. The third-order valence-corrected chi connectivity index (χ3v) is 7.85. The number of fused-ring (bicyclic) bond motifs is 1. The highest BCUT2D eigenvalue weighted by atomic mass is 19.4. The number of nitrogens with zero attached hydrogens (tertiary/aromatic N) is 5. The van der Waals surface area contributed by atoms with E-state index in [4.69, 9.17) is 9.47 Å². The largest absolute Gasteiger partial charge is 0.497 e. The molecule has 43 heavy (non-hydrogen) atoms. The smallest absolute Gasteiger partial charge is 0.433 e. The Labute approximate surface area is 245 Å². The van der Waals surface area contributed by atoms with E-state index in [0.29, 0.717) is 21.6 Å². The zero-order valence-corrected chi connectivity index (χ0v) is 24.0.